The Morgan fingerprint density at radius 1 is 1.39 bits per heavy atom. The van der Waals surface area contributed by atoms with Gasteiger partial charge in [0.15, 0.2) is 5.60 Å². The molecule has 1 N–H and O–H groups in total. The monoisotopic (exact) mass is 407 g/mol. The average molecular weight is 408 g/mol. The molecule has 2 heterocycles. The van der Waals surface area contributed by atoms with E-state index in [9.17, 15) is 9.59 Å². The second kappa shape index (κ2) is 8.11. The van der Waals surface area contributed by atoms with Gasteiger partial charge >= 0.3 is 0 Å². The first kappa shape index (κ1) is 22.8. The molecule has 6 nitrogen and oxygen atoms in total. The Kier molecular flexibility index (Phi) is 6.61. The predicted octanol–water partition coefficient (Wildman–Crippen LogP) is 2.86. The highest BCUT2D eigenvalue weighted by Gasteiger charge is 2.55. The molecule has 0 aromatic carbocycles. The zero-order valence-electron chi connectivity index (χ0n) is 18.0. The van der Waals surface area contributed by atoms with Crippen LogP contribution in [-0.2, 0) is 23.8 Å². The number of terminal acetylenes is 1. The van der Waals surface area contributed by atoms with Crippen LogP contribution in [-0.4, -0.2) is 51.6 Å². The molecule has 7 heteroatoms. The molecule has 0 aromatic rings. The first-order valence-corrected chi connectivity index (χ1v) is 12.9. The molecule has 0 saturated carbocycles. The number of nitrogens with one attached hydrogen (secondary N) is 1. The van der Waals surface area contributed by atoms with Gasteiger partial charge in [-0.1, -0.05) is 45.9 Å². The van der Waals surface area contributed by atoms with E-state index in [-0.39, 0.29) is 29.7 Å². The Labute approximate surface area is 169 Å². The second-order valence-corrected chi connectivity index (χ2v) is 15.1. The van der Waals surface area contributed by atoms with Gasteiger partial charge in [-0.3, -0.25) is 14.9 Å². The van der Waals surface area contributed by atoms with E-state index in [4.69, 9.17) is 20.6 Å². The number of amides is 2. The van der Waals surface area contributed by atoms with E-state index in [1.54, 1.807) is 20.1 Å². The van der Waals surface area contributed by atoms with Crippen LogP contribution < -0.4 is 5.32 Å². The number of carbonyl (C=O) groups excluding carboxylic acids is 2. The summed E-state index contributed by atoms with van der Waals surface area (Å²) in [6.07, 6.45) is 7.33. The highest BCUT2D eigenvalue weighted by Crippen LogP contribution is 2.48. The van der Waals surface area contributed by atoms with Crippen molar-refractivity contribution in [3.63, 3.8) is 0 Å². The summed E-state index contributed by atoms with van der Waals surface area (Å²) in [7, 11) is -0.263. The van der Waals surface area contributed by atoms with E-state index in [1.807, 2.05) is 0 Å². The largest absolute Gasteiger partial charge is 0.359 e. The van der Waals surface area contributed by atoms with Crippen molar-refractivity contribution in [3.05, 3.63) is 11.6 Å². The maximum atomic E-state index is 12.4. The number of hydrogen-bond donors (Lipinski definition) is 1. The standard InChI is InChI=1S/C21H33NO5Si/c1-9-21(12-28(7,8)20(3,4)5)17(26-13-25-6)11-16(27-21)15-10-14(2)18(23)22-19(15)24/h1,10,15-17H,11-13H2,2-8H3,(H,22,23,24)/t15?,16-,17?,21-/m1/s1. The number of rotatable bonds is 6. The Hall–Kier alpha value is -1.46. The smallest absolute Gasteiger partial charge is 0.253 e. The van der Waals surface area contributed by atoms with Gasteiger partial charge in [-0.25, -0.2) is 0 Å². The van der Waals surface area contributed by atoms with Gasteiger partial charge in [-0.05, 0) is 18.0 Å². The van der Waals surface area contributed by atoms with Crippen molar-refractivity contribution in [1.82, 2.24) is 5.32 Å². The molecule has 0 radical (unpaired) electrons. The molecule has 0 bridgehead atoms. The summed E-state index contributed by atoms with van der Waals surface area (Å²) in [5.74, 6) is 1.59. The molecule has 2 aliphatic rings. The molecule has 0 aliphatic carbocycles. The number of imide groups is 1. The molecule has 0 aromatic heterocycles. The summed E-state index contributed by atoms with van der Waals surface area (Å²) in [6.45, 7) is 13.1. The Bertz CT molecular complexity index is 703. The predicted molar refractivity (Wildman–Crippen MR) is 110 cm³/mol. The molecule has 2 rings (SSSR count). The molecule has 0 spiro atoms. The molecule has 156 valence electrons. The first-order valence-electron chi connectivity index (χ1n) is 9.66. The van der Waals surface area contributed by atoms with Crippen LogP contribution in [0.15, 0.2) is 11.6 Å². The van der Waals surface area contributed by atoms with Crippen molar-refractivity contribution in [3.8, 4) is 12.3 Å². The lowest BCUT2D eigenvalue weighted by atomic mass is 9.91. The van der Waals surface area contributed by atoms with Crippen LogP contribution in [0.25, 0.3) is 0 Å². The molecule has 28 heavy (non-hydrogen) atoms. The summed E-state index contributed by atoms with van der Waals surface area (Å²) in [5.41, 5.74) is -0.416. The van der Waals surface area contributed by atoms with E-state index in [0.29, 0.717) is 18.0 Å². The van der Waals surface area contributed by atoms with Gasteiger partial charge in [-0.2, -0.15) is 0 Å². The molecule has 4 atom stereocenters. The van der Waals surface area contributed by atoms with E-state index in [2.05, 4.69) is 45.1 Å². The van der Waals surface area contributed by atoms with E-state index >= 15 is 0 Å². The summed E-state index contributed by atoms with van der Waals surface area (Å²) < 4.78 is 17.5. The van der Waals surface area contributed by atoms with Crippen LogP contribution >= 0.6 is 0 Å². The third kappa shape index (κ3) is 4.41. The van der Waals surface area contributed by atoms with Crippen molar-refractivity contribution in [2.45, 2.75) is 76.1 Å². The van der Waals surface area contributed by atoms with Gasteiger partial charge in [0.25, 0.3) is 5.91 Å². The van der Waals surface area contributed by atoms with E-state index in [1.165, 1.54) is 0 Å². The lowest BCUT2D eigenvalue weighted by Gasteiger charge is -2.43. The van der Waals surface area contributed by atoms with E-state index in [0.717, 1.165) is 0 Å². The highest BCUT2D eigenvalue weighted by atomic mass is 28.3. The van der Waals surface area contributed by atoms with Gasteiger partial charge in [0.05, 0.1) is 20.1 Å². The zero-order chi connectivity index (χ0) is 21.3. The van der Waals surface area contributed by atoms with Crippen LogP contribution in [0.2, 0.25) is 24.2 Å². The fourth-order valence-electron chi connectivity index (χ4n) is 3.61. The number of hydrogen-bond acceptors (Lipinski definition) is 5. The Morgan fingerprint density at radius 2 is 2.04 bits per heavy atom. The number of carbonyl (C=O) groups is 2. The highest BCUT2D eigenvalue weighted by molar-refractivity contribution is 6.80. The lowest BCUT2D eigenvalue weighted by Crippen LogP contribution is -2.50. The molecular formula is C21H33NO5Si. The topological polar surface area (TPSA) is 73.9 Å². The van der Waals surface area contributed by atoms with Crippen LogP contribution in [0.5, 0.6) is 0 Å². The lowest BCUT2D eigenvalue weighted by molar-refractivity contribution is -0.136. The minimum atomic E-state index is -1.82. The van der Waals surface area contributed by atoms with Crippen LogP contribution in [0.3, 0.4) is 0 Å². The summed E-state index contributed by atoms with van der Waals surface area (Å²) in [5, 5.41) is 2.52. The normalized spacial score (nSPS) is 31.4. The summed E-state index contributed by atoms with van der Waals surface area (Å²) in [6, 6.07) is 0.709. The van der Waals surface area contributed by atoms with Crippen LogP contribution in [0.1, 0.15) is 34.1 Å². The minimum Gasteiger partial charge on any atom is -0.359 e. The SMILES string of the molecule is C#C[C@]1(C[Si](C)(C)C(C)(C)C)O[C@@H](C2C=C(C)C(=O)NC2=O)CC1OCOC. The molecule has 2 unspecified atom stereocenters. The third-order valence-corrected chi connectivity index (χ3v) is 11.9. The average Bonchev–Trinajstić information content (AvgIpc) is 2.93. The molecule has 1 saturated heterocycles. The Balaban J connectivity index is 2.37. The van der Waals surface area contributed by atoms with Crippen molar-refractivity contribution in [1.29, 1.82) is 0 Å². The van der Waals surface area contributed by atoms with Gasteiger partial charge in [0, 0.05) is 19.1 Å². The molecule has 2 amide bonds. The van der Waals surface area contributed by atoms with Gasteiger partial charge in [0.1, 0.15) is 12.9 Å². The third-order valence-electron chi connectivity index (χ3n) is 6.42. The minimum absolute atomic E-state index is 0.103. The van der Waals surface area contributed by atoms with Crippen molar-refractivity contribution >= 4 is 19.9 Å². The van der Waals surface area contributed by atoms with Crippen LogP contribution in [0, 0.1) is 18.3 Å². The van der Waals surface area contributed by atoms with Gasteiger partial charge < -0.3 is 14.2 Å². The first-order chi connectivity index (χ1) is 12.9. The fourth-order valence-corrected chi connectivity index (χ4v) is 5.87. The molecule has 1 fully saturated rings. The maximum absolute atomic E-state index is 12.4. The molecule has 2 aliphatic heterocycles. The summed E-state index contributed by atoms with van der Waals surface area (Å²) in [4.78, 5) is 24.2. The van der Waals surface area contributed by atoms with Crippen molar-refractivity contribution < 1.29 is 23.8 Å². The maximum Gasteiger partial charge on any atom is 0.253 e. The van der Waals surface area contributed by atoms with Crippen molar-refractivity contribution in [2.75, 3.05) is 13.9 Å². The van der Waals surface area contributed by atoms with Crippen LogP contribution in [0.4, 0.5) is 0 Å². The molecular weight excluding hydrogens is 374 g/mol. The quantitative estimate of drug-likeness (QED) is 0.317. The van der Waals surface area contributed by atoms with Gasteiger partial charge in [0.2, 0.25) is 5.91 Å². The zero-order valence-corrected chi connectivity index (χ0v) is 19.0. The second-order valence-electron chi connectivity index (χ2n) is 9.49. The number of ether oxygens (including phenoxy) is 3. The number of methoxy groups -OCH3 is 1. The fraction of sp³-hybridized carbons (Fsp3) is 0.714. The van der Waals surface area contributed by atoms with Gasteiger partial charge in [-0.15, -0.1) is 6.42 Å². The Morgan fingerprint density at radius 3 is 2.57 bits per heavy atom. The summed E-state index contributed by atoms with van der Waals surface area (Å²) >= 11 is 0. The van der Waals surface area contributed by atoms with Crippen molar-refractivity contribution in [2.24, 2.45) is 5.92 Å². The van der Waals surface area contributed by atoms with E-state index < -0.39 is 25.7 Å².